The van der Waals surface area contributed by atoms with E-state index >= 15 is 0 Å². The predicted octanol–water partition coefficient (Wildman–Crippen LogP) is 0.547. The number of halogens is 1. The van der Waals surface area contributed by atoms with E-state index in [9.17, 15) is 9.59 Å². The first-order valence-corrected chi connectivity index (χ1v) is 6.00. The summed E-state index contributed by atoms with van der Waals surface area (Å²) < 4.78 is 0. The zero-order chi connectivity index (χ0) is 14.6. The highest BCUT2D eigenvalue weighted by molar-refractivity contribution is 6.31. The van der Waals surface area contributed by atoms with Gasteiger partial charge in [0.1, 0.15) is 0 Å². The van der Waals surface area contributed by atoms with Crippen molar-refractivity contribution >= 4 is 34.8 Å². The normalized spacial score (nSPS) is 11.8. The summed E-state index contributed by atoms with van der Waals surface area (Å²) in [7, 11) is 3.67. The standard InChI is InChI=1S/C12H17ClN4O2/c1-17(2)10-4-3-7(13)5-9(10)16-12(19)8(14)6-11(15)18/h3-5,8H,6,14H2,1-2H3,(H2,15,18)(H,16,19). The summed E-state index contributed by atoms with van der Waals surface area (Å²) in [6.07, 6.45) is -0.205. The molecular formula is C12H17ClN4O2. The maximum Gasteiger partial charge on any atom is 0.241 e. The summed E-state index contributed by atoms with van der Waals surface area (Å²) in [4.78, 5) is 24.4. The Labute approximate surface area is 116 Å². The molecule has 0 heterocycles. The third kappa shape index (κ3) is 4.42. The van der Waals surface area contributed by atoms with Crippen LogP contribution in [0.2, 0.25) is 5.02 Å². The SMILES string of the molecule is CN(C)c1ccc(Cl)cc1NC(=O)C(N)CC(N)=O. The number of hydrogen-bond acceptors (Lipinski definition) is 4. The van der Waals surface area contributed by atoms with Crippen molar-refractivity contribution in [3.8, 4) is 0 Å². The lowest BCUT2D eigenvalue weighted by Gasteiger charge is -2.19. The number of amides is 2. The number of nitrogens with one attached hydrogen (secondary N) is 1. The molecule has 1 rings (SSSR count). The molecule has 0 spiro atoms. The number of nitrogens with two attached hydrogens (primary N) is 2. The summed E-state index contributed by atoms with van der Waals surface area (Å²) in [6.45, 7) is 0. The minimum Gasteiger partial charge on any atom is -0.376 e. The first-order chi connectivity index (χ1) is 8.81. The number of hydrogen-bond donors (Lipinski definition) is 3. The molecule has 6 nitrogen and oxygen atoms in total. The Hall–Kier alpha value is -1.79. The van der Waals surface area contributed by atoms with Crippen LogP contribution >= 0.6 is 11.6 Å². The van der Waals surface area contributed by atoms with E-state index in [2.05, 4.69) is 5.32 Å². The Morgan fingerprint density at radius 2 is 2.05 bits per heavy atom. The third-order valence-electron chi connectivity index (χ3n) is 2.46. The number of nitrogens with zero attached hydrogens (tertiary/aromatic N) is 1. The molecule has 0 saturated carbocycles. The van der Waals surface area contributed by atoms with Gasteiger partial charge in [-0.05, 0) is 18.2 Å². The van der Waals surface area contributed by atoms with Gasteiger partial charge < -0.3 is 21.7 Å². The van der Waals surface area contributed by atoms with Gasteiger partial charge in [-0.1, -0.05) is 11.6 Å². The smallest absolute Gasteiger partial charge is 0.241 e. The predicted molar refractivity (Wildman–Crippen MR) is 76.2 cm³/mol. The van der Waals surface area contributed by atoms with Gasteiger partial charge in [0.25, 0.3) is 0 Å². The van der Waals surface area contributed by atoms with Gasteiger partial charge >= 0.3 is 0 Å². The quantitative estimate of drug-likeness (QED) is 0.735. The fourth-order valence-electron chi connectivity index (χ4n) is 1.53. The third-order valence-corrected chi connectivity index (χ3v) is 2.69. The zero-order valence-electron chi connectivity index (χ0n) is 10.8. The lowest BCUT2D eigenvalue weighted by Crippen LogP contribution is -2.39. The van der Waals surface area contributed by atoms with Crippen LogP contribution in [0.1, 0.15) is 6.42 Å². The Bertz CT molecular complexity index is 491. The maximum atomic E-state index is 11.8. The summed E-state index contributed by atoms with van der Waals surface area (Å²) in [5, 5.41) is 3.13. The molecule has 1 aromatic rings. The number of carbonyl (C=O) groups is 2. The van der Waals surface area contributed by atoms with Crippen molar-refractivity contribution < 1.29 is 9.59 Å². The molecule has 1 aromatic carbocycles. The van der Waals surface area contributed by atoms with Gasteiger partial charge in [-0.3, -0.25) is 9.59 Å². The lowest BCUT2D eigenvalue weighted by molar-refractivity contribution is -0.123. The van der Waals surface area contributed by atoms with E-state index in [-0.39, 0.29) is 6.42 Å². The molecule has 104 valence electrons. The molecule has 0 fully saturated rings. The fraction of sp³-hybridized carbons (Fsp3) is 0.333. The van der Waals surface area contributed by atoms with Crippen LogP contribution < -0.4 is 21.7 Å². The molecule has 2 amide bonds. The van der Waals surface area contributed by atoms with Gasteiger partial charge in [-0.25, -0.2) is 0 Å². The van der Waals surface area contributed by atoms with Crippen molar-refractivity contribution in [2.45, 2.75) is 12.5 Å². The summed E-state index contributed by atoms with van der Waals surface area (Å²) in [5.74, 6) is -1.11. The van der Waals surface area contributed by atoms with E-state index < -0.39 is 17.9 Å². The molecule has 7 heteroatoms. The first kappa shape index (κ1) is 15.3. The van der Waals surface area contributed by atoms with Crippen LogP contribution in [0.15, 0.2) is 18.2 Å². The van der Waals surface area contributed by atoms with Gasteiger partial charge in [0.2, 0.25) is 11.8 Å². The topological polar surface area (TPSA) is 101 Å². The van der Waals surface area contributed by atoms with Gasteiger partial charge in [0, 0.05) is 19.1 Å². The molecule has 1 atom stereocenters. The van der Waals surface area contributed by atoms with Crippen LogP contribution in [-0.2, 0) is 9.59 Å². The molecule has 5 N–H and O–H groups in total. The second-order valence-corrected chi connectivity index (χ2v) is 4.76. The highest BCUT2D eigenvalue weighted by atomic mass is 35.5. The minimum atomic E-state index is -0.980. The van der Waals surface area contributed by atoms with Gasteiger partial charge in [0.15, 0.2) is 0 Å². The van der Waals surface area contributed by atoms with E-state index in [0.29, 0.717) is 10.7 Å². The molecule has 0 radical (unpaired) electrons. The van der Waals surface area contributed by atoms with Crippen molar-refractivity contribution in [3.05, 3.63) is 23.2 Å². The van der Waals surface area contributed by atoms with Crippen LogP contribution in [0.5, 0.6) is 0 Å². The van der Waals surface area contributed by atoms with Crippen molar-refractivity contribution in [2.24, 2.45) is 11.5 Å². The van der Waals surface area contributed by atoms with Gasteiger partial charge in [0.05, 0.1) is 23.8 Å². The van der Waals surface area contributed by atoms with E-state index in [1.54, 1.807) is 18.2 Å². The highest BCUT2D eigenvalue weighted by Gasteiger charge is 2.17. The average molecular weight is 285 g/mol. The van der Waals surface area contributed by atoms with Crippen LogP contribution in [-0.4, -0.2) is 32.0 Å². The minimum absolute atomic E-state index is 0.205. The van der Waals surface area contributed by atoms with Gasteiger partial charge in [-0.15, -0.1) is 0 Å². The highest BCUT2D eigenvalue weighted by Crippen LogP contribution is 2.27. The van der Waals surface area contributed by atoms with Crippen molar-refractivity contribution in [1.29, 1.82) is 0 Å². The summed E-state index contributed by atoms with van der Waals surface area (Å²) in [6, 6.07) is 4.13. The Morgan fingerprint density at radius 1 is 1.42 bits per heavy atom. The number of benzene rings is 1. The van der Waals surface area contributed by atoms with E-state index in [1.807, 2.05) is 19.0 Å². The van der Waals surface area contributed by atoms with Crippen LogP contribution in [0.3, 0.4) is 0 Å². The summed E-state index contributed by atoms with van der Waals surface area (Å²) >= 11 is 5.89. The lowest BCUT2D eigenvalue weighted by atomic mass is 10.2. The second-order valence-electron chi connectivity index (χ2n) is 4.32. The molecule has 0 aromatic heterocycles. The molecule has 19 heavy (non-hydrogen) atoms. The van der Waals surface area contributed by atoms with Crippen LogP contribution in [0.25, 0.3) is 0 Å². The Balaban J connectivity index is 2.89. The van der Waals surface area contributed by atoms with E-state index in [1.165, 1.54) is 0 Å². The number of carbonyl (C=O) groups excluding carboxylic acids is 2. The number of rotatable bonds is 5. The molecule has 0 aliphatic carbocycles. The monoisotopic (exact) mass is 284 g/mol. The number of primary amides is 1. The van der Waals surface area contributed by atoms with Crippen LogP contribution in [0.4, 0.5) is 11.4 Å². The fourth-order valence-corrected chi connectivity index (χ4v) is 1.71. The maximum absolute atomic E-state index is 11.8. The molecule has 0 bridgehead atoms. The molecule has 0 saturated heterocycles. The van der Waals surface area contributed by atoms with Crippen molar-refractivity contribution in [1.82, 2.24) is 0 Å². The second kappa shape index (κ2) is 6.40. The number of anilines is 2. The first-order valence-electron chi connectivity index (χ1n) is 5.63. The molecular weight excluding hydrogens is 268 g/mol. The average Bonchev–Trinajstić information content (AvgIpc) is 2.27. The summed E-state index contributed by atoms with van der Waals surface area (Å²) in [5.41, 5.74) is 11.9. The van der Waals surface area contributed by atoms with E-state index in [4.69, 9.17) is 23.1 Å². The van der Waals surface area contributed by atoms with Crippen molar-refractivity contribution in [3.63, 3.8) is 0 Å². The van der Waals surface area contributed by atoms with E-state index in [0.717, 1.165) is 5.69 Å². The Kier molecular flexibility index (Phi) is 5.14. The van der Waals surface area contributed by atoms with Gasteiger partial charge in [-0.2, -0.15) is 0 Å². The molecule has 0 aliphatic heterocycles. The Morgan fingerprint density at radius 3 is 2.58 bits per heavy atom. The van der Waals surface area contributed by atoms with Crippen LogP contribution in [0, 0.1) is 0 Å². The van der Waals surface area contributed by atoms with Crippen molar-refractivity contribution in [2.75, 3.05) is 24.3 Å². The largest absolute Gasteiger partial charge is 0.376 e. The molecule has 1 unspecified atom stereocenters. The zero-order valence-corrected chi connectivity index (χ0v) is 11.6. The molecule has 0 aliphatic rings.